The summed E-state index contributed by atoms with van der Waals surface area (Å²) in [5.74, 6) is 0.852. The maximum atomic E-state index is 12.3. The quantitative estimate of drug-likeness (QED) is 0.810. The Morgan fingerprint density at radius 2 is 2.19 bits per heavy atom. The number of nitrogens with zero attached hydrogens (tertiary/aromatic N) is 2. The number of rotatable bonds is 5. The highest BCUT2D eigenvalue weighted by Crippen LogP contribution is 2.18. The molecule has 0 aromatic heterocycles. The third-order valence-electron chi connectivity index (χ3n) is 3.99. The van der Waals surface area contributed by atoms with E-state index in [1.54, 1.807) is 0 Å². The molecule has 2 unspecified atom stereocenters. The Morgan fingerprint density at radius 1 is 1.43 bits per heavy atom. The van der Waals surface area contributed by atoms with Gasteiger partial charge >= 0.3 is 0 Å². The lowest BCUT2D eigenvalue weighted by atomic mass is 10.1. The molecule has 2 aliphatic heterocycles. The molecule has 126 valence electrons. The van der Waals surface area contributed by atoms with Crippen molar-refractivity contribution in [2.24, 2.45) is 5.92 Å². The molecule has 2 rings (SSSR count). The zero-order valence-electron chi connectivity index (χ0n) is 13.0. The minimum atomic E-state index is -0.124. The van der Waals surface area contributed by atoms with Crippen LogP contribution in [0.15, 0.2) is 0 Å². The Bertz CT molecular complexity index is 302. The fraction of sp³-hybridized carbons (Fsp3) is 0.929. The van der Waals surface area contributed by atoms with Crippen molar-refractivity contribution >= 4 is 30.7 Å². The Morgan fingerprint density at radius 3 is 2.81 bits per heavy atom. The summed E-state index contributed by atoms with van der Waals surface area (Å²) in [7, 11) is 2.17. The zero-order valence-corrected chi connectivity index (χ0v) is 14.7. The summed E-state index contributed by atoms with van der Waals surface area (Å²) in [5, 5.41) is 3.25. The maximum absolute atomic E-state index is 12.3. The van der Waals surface area contributed by atoms with Gasteiger partial charge in [0.1, 0.15) is 6.04 Å². The number of nitrogens with one attached hydrogen (secondary N) is 1. The predicted molar refractivity (Wildman–Crippen MR) is 89.6 cm³/mol. The van der Waals surface area contributed by atoms with Crippen molar-refractivity contribution < 1.29 is 9.53 Å². The Labute approximate surface area is 140 Å². The third kappa shape index (κ3) is 6.28. The molecule has 0 bridgehead atoms. The number of ether oxygens (including phenoxy) is 1. The highest BCUT2D eigenvalue weighted by molar-refractivity contribution is 5.85. The minimum Gasteiger partial charge on any atom is -0.378 e. The fourth-order valence-corrected chi connectivity index (χ4v) is 3.04. The van der Waals surface area contributed by atoms with Crippen LogP contribution in [0.3, 0.4) is 0 Å². The predicted octanol–water partition coefficient (Wildman–Crippen LogP) is 1.01. The molecule has 1 amide bonds. The summed E-state index contributed by atoms with van der Waals surface area (Å²) in [6, 6.07) is -0.124. The highest BCUT2D eigenvalue weighted by atomic mass is 35.5. The van der Waals surface area contributed by atoms with E-state index in [4.69, 9.17) is 4.74 Å². The van der Waals surface area contributed by atoms with Gasteiger partial charge in [0.05, 0.1) is 13.2 Å². The first-order chi connectivity index (χ1) is 9.20. The van der Waals surface area contributed by atoms with Gasteiger partial charge in [0.2, 0.25) is 5.91 Å². The van der Waals surface area contributed by atoms with Gasteiger partial charge in [-0.25, -0.2) is 0 Å². The molecule has 0 saturated carbocycles. The zero-order chi connectivity index (χ0) is 13.7. The molecule has 0 radical (unpaired) electrons. The van der Waals surface area contributed by atoms with E-state index in [9.17, 15) is 4.79 Å². The summed E-state index contributed by atoms with van der Waals surface area (Å²) in [6.07, 6.45) is 2.32. The van der Waals surface area contributed by atoms with Crippen LogP contribution in [-0.2, 0) is 9.53 Å². The van der Waals surface area contributed by atoms with E-state index in [2.05, 4.69) is 24.2 Å². The first kappa shape index (κ1) is 20.9. The molecule has 2 fully saturated rings. The number of likely N-dealkylation sites (tertiary alicyclic amines) is 1. The number of carbonyl (C=O) groups is 1. The van der Waals surface area contributed by atoms with Crippen molar-refractivity contribution in [2.75, 3.05) is 53.0 Å². The van der Waals surface area contributed by atoms with Crippen LogP contribution in [0, 0.1) is 5.92 Å². The topological polar surface area (TPSA) is 44.8 Å². The molecule has 2 aliphatic rings. The molecule has 0 spiro atoms. The molecule has 0 aromatic rings. The number of carbonyl (C=O) groups excluding carboxylic acids is 1. The second kappa shape index (κ2) is 10.6. The summed E-state index contributed by atoms with van der Waals surface area (Å²) >= 11 is 0. The monoisotopic (exact) mass is 341 g/mol. The van der Waals surface area contributed by atoms with E-state index in [-0.39, 0.29) is 36.8 Å². The van der Waals surface area contributed by atoms with Gasteiger partial charge in [-0.2, -0.15) is 0 Å². The summed E-state index contributed by atoms with van der Waals surface area (Å²) in [6.45, 7) is 8.29. The number of hydrogen-bond donors (Lipinski definition) is 1. The Hall–Kier alpha value is -0.0700. The van der Waals surface area contributed by atoms with E-state index in [0.29, 0.717) is 19.1 Å². The lowest BCUT2D eigenvalue weighted by Gasteiger charge is -2.27. The van der Waals surface area contributed by atoms with Gasteiger partial charge in [-0.15, -0.1) is 24.8 Å². The molecule has 0 aromatic carbocycles. The van der Waals surface area contributed by atoms with Crippen LogP contribution in [0.1, 0.15) is 19.8 Å². The number of hydrogen-bond acceptors (Lipinski definition) is 4. The lowest BCUT2D eigenvalue weighted by Crippen LogP contribution is -2.52. The normalized spacial score (nSPS) is 25.4. The molecule has 1 N–H and O–H groups in total. The first-order valence-electron chi connectivity index (χ1n) is 7.49. The van der Waals surface area contributed by atoms with Crippen molar-refractivity contribution in [2.45, 2.75) is 25.8 Å². The molecule has 21 heavy (non-hydrogen) atoms. The molecule has 2 heterocycles. The average molecular weight is 342 g/mol. The van der Waals surface area contributed by atoms with Gasteiger partial charge in [-0.1, -0.05) is 6.92 Å². The fourth-order valence-electron chi connectivity index (χ4n) is 3.04. The van der Waals surface area contributed by atoms with E-state index in [0.717, 1.165) is 39.1 Å². The van der Waals surface area contributed by atoms with Crippen molar-refractivity contribution in [3.05, 3.63) is 0 Å². The highest BCUT2D eigenvalue weighted by Gasteiger charge is 2.31. The van der Waals surface area contributed by atoms with Crippen molar-refractivity contribution in [1.29, 1.82) is 0 Å². The molecule has 5 nitrogen and oxygen atoms in total. The van der Waals surface area contributed by atoms with Gasteiger partial charge in [-0.05, 0) is 32.4 Å². The van der Waals surface area contributed by atoms with E-state index in [1.165, 1.54) is 6.42 Å². The van der Waals surface area contributed by atoms with E-state index < -0.39 is 0 Å². The molecule has 2 atom stereocenters. The Kier molecular flexibility index (Phi) is 10.6. The maximum Gasteiger partial charge on any atom is 0.242 e. The molecule has 7 heteroatoms. The second-order valence-corrected chi connectivity index (χ2v) is 5.78. The van der Waals surface area contributed by atoms with Crippen molar-refractivity contribution in [1.82, 2.24) is 15.1 Å². The van der Waals surface area contributed by atoms with Gasteiger partial charge in [0, 0.05) is 26.2 Å². The minimum absolute atomic E-state index is 0. The summed E-state index contributed by atoms with van der Waals surface area (Å²) in [5.41, 5.74) is 0. The molecule has 2 saturated heterocycles. The van der Waals surface area contributed by atoms with Crippen molar-refractivity contribution in [3.8, 4) is 0 Å². The van der Waals surface area contributed by atoms with Crippen LogP contribution in [0.25, 0.3) is 0 Å². The van der Waals surface area contributed by atoms with Crippen molar-refractivity contribution in [3.63, 3.8) is 0 Å². The van der Waals surface area contributed by atoms with Gasteiger partial charge in [0.15, 0.2) is 0 Å². The molecule has 0 aliphatic carbocycles. The van der Waals surface area contributed by atoms with Crippen LogP contribution in [-0.4, -0.2) is 74.7 Å². The third-order valence-corrected chi connectivity index (χ3v) is 3.99. The number of halogens is 2. The standard InChI is InChI=1S/C14H27N3O2.2ClH/c1-3-6-16(2)9-12-4-7-17(10-12)14(18)13-11-19-8-5-15-13;;/h12-13,15H,3-11H2,1-2H3;2*1H. The Balaban J connectivity index is 0.00000200. The van der Waals surface area contributed by atoms with Gasteiger partial charge in [0.25, 0.3) is 0 Å². The molecular weight excluding hydrogens is 313 g/mol. The van der Waals surface area contributed by atoms with Crippen LogP contribution >= 0.6 is 24.8 Å². The number of morpholine rings is 1. The summed E-state index contributed by atoms with van der Waals surface area (Å²) < 4.78 is 5.37. The lowest BCUT2D eigenvalue weighted by molar-refractivity contribution is -0.135. The smallest absolute Gasteiger partial charge is 0.242 e. The van der Waals surface area contributed by atoms with Crippen LogP contribution < -0.4 is 5.32 Å². The van der Waals surface area contributed by atoms with E-state index >= 15 is 0 Å². The largest absolute Gasteiger partial charge is 0.378 e. The molecular formula is C14H29Cl2N3O2. The van der Waals surface area contributed by atoms with Gasteiger partial charge in [-0.3, -0.25) is 4.79 Å². The number of amides is 1. The first-order valence-corrected chi connectivity index (χ1v) is 7.49. The second-order valence-electron chi connectivity index (χ2n) is 5.78. The van der Waals surface area contributed by atoms with Gasteiger partial charge < -0.3 is 19.9 Å². The van der Waals surface area contributed by atoms with E-state index in [1.807, 2.05) is 4.90 Å². The SMILES string of the molecule is CCCN(C)CC1CCN(C(=O)C2COCCN2)C1.Cl.Cl. The van der Waals surface area contributed by atoms with Crippen LogP contribution in [0.2, 0.25) is 0 Å². The van der Waals surface area contributed by atoms with Crippen LogP contribution in [0.4, 0.5) is 0 Å². The summed E-state index contributed by atoms with van der Waals surface area (Å²) in [4.78, 5) is 16.7. The average Bonchev–Trinajstić information content (AvgIpc) is 2.87. The van der Waals surface area contributed by atoms with Crippen LogP contribution in [0.5, 0.6) is 0 Å².